The van der Waals surface area contributed by atoms with E-state index in [0.29, 0.717) is 35.8 Å². The molecule has 2 unspecified atom stereocenters. The van der Waals surface area contributed by atoms with Crippen molar-refractivity contribution >= 4 is 0 Å². The van der Waals surface area contributed by atoms with E-state index in [2.05, 4.69) is 13.5 Å². The lowest BCUT2D eigenvalue weighted by molar-refractivity contribution is -0.0191. The molecule has 3 aromatic carbocycles. The lowest BCUT2D eigenvalue weighted by atomic mass is 9.91. The summed E-state index contributed by atoms with van der Waals surface area (Å²) in [4.78, 5) is 0. The predicted octanol–water partition coefficient (Wildman–Crippen LogP) is 10.2. The Hall–Kier alpha value is -3.05. The maximum absolute atomic E-state index is 15.1. The van der Waals surface area contributed by atoms with E-state index in [1.54, 1.807) is 36.4 Å². The van der Waals surface area contributed by atoms with Gasteiger partial charge in [0, 0.05) is 11.1 Å². The molecule has 0 N–H and O–H groups in total. The maximum atomic E-state index is 15.1. The molecule has 0 amide bonds. The number of rotatable bonds is 13. The number of hydrogen-bond acceptors (Lipinski definition) is 2. The van der Waals surface area contributed by atoms with Crippen molar-refractivity contribution in [3.8, 4) is 28.0 Å². The van der Waals surface area contributed by atoms with Crippen molar-refractivity contribution in [2.45, 2.75) is 70.8 Å². The van der Waals surface area contributed by atoms with Crippen LogP contribution in [0.25, 0.3) is 22.3 Å². The highest BCUT2D eigenvalue weighted by Gasteiger charge is 2.23. The van der Waals surface area contributed by atoms with Crippen LogP contribution in [0.2, 0.25) is 0 Å². The summed E-state index contributed by atoms with van der Waals surface area (Å²) in [5.41, 5.74) is 2.63. The standard InChI is InChI=1S/C34H39F3O2/c1-3-5-7-8-9-21-38-32-20-18-29(33(36)34(32)37)26-14-12-25(13-15-26)28-17-16-27(22-30(28)35)31-19-11-24(23-39-31)10-6-4-2/h4,12-18,20,22,24,31H,2-3,5-11,19,21,23H2,1H3. The molecule has 0 spiro atoms. The van der Waals surface area contributed by atoms with E-state index in [4.69, 9.17) is 9.47 Å². The minimum Gasteiger partial charge on any atom is -0.490 e. The second kappa shape index (κ2) is 14.4. The molecule has 1 saturated heterocycles. The molecule has 0 aliphatic carbocycles. The van der Waals surface area contributed by atoms with E-state index in [0.717, 1.165) is 56.9 Å². The lowest BCUT2D eigenvalue weighted by Crippen LogP contribution is -2.20. The van der Waals surface area contributed by atoms with Gasteiger partial charge < -0.3 is 9.47 Å². The zero-order valence-electron chi connectivity index (χ0n) is 22.9. The van der Waals surface area contributed by atoms with Crippen molar-refractivity contribution < 1.29 is 22.6 Å². The van der Waals surface area contributed by atoms with Crippen molar-refractivity contribution in [3.63, 3.8) is 0 Å². The van der Waals surface area contributed by atoms with Gasteiger partial charge in [-0.3, -0.25) is 0 Å². The zero-order chi connectivity index (χ0) is 27.6. The lowest BCUT2D eigenvalue weighted by Gasteiger charge is -2.29. The first kappa shape index (κ1) is 28.9. The average Bonchev–Trinajstić information content (AvgIpc) is 2.96. The third kappa shape index (κ3) is 7.54. The molecule has 1 fully saturated rings. The van der Waals surface area contributed by atoms with Crippen molar-refractivity contribution in [2.24, 2.45) is 5.92 Å². The normalized spacial score (nSPS) is 17.2. The second-order valence-corrected chi connectivity index (χ2v) is 10.4. The highest BCUT2D eigenvalue weighted by molar-refractivity contribution is 5.71. The van der Waals surface area contributed by atoms with Crippen molar-refractivity contribution in [2.75, 3.05) is 13.2 Å². The monoisotopic (exact) mass is 536 g/mol. The van der Waals surface area contributed by atoms with Gasteiger partial charge in [-0.15, -0.1) is 6.58 Å². The van der Waals surface area contributed by atoms with E-state index in [1.165, 1.54) is 18.6 Å². The molecular weight excluding hydrogens is 497 g/mol. The minimum absolute atomic E-state index is 0.0697. The Labute approximate surface area is 230 Å². The molecule has 1 aliphatic heterocycles. The quantitative estimate of drug-likeness (QED) is 0.160. The fraction of sp³-hybridized carbons (Fsp3) is 0.412. The highest BCUT2D eigenvalue weighted by atomic mass is 19.2. The van der Waals surface area contributed by atoms with Gasteiger partial charge in [-0.05, 0) is 72.9 Å². The topological polar surface area (TPSA) is 18.5 Å². The minimum atomic E-state index is -0.983. The van der Waals surface area contributed by atoms with Gasteiger partial charge in [0.2, 0.25) is 5.82 Å². The fourth-order valence-electron chi connectivity index (χ4n) is 5.20. The van der Waals surface area contributed by atoms with Crippen molar-refractivity contribution in [1.29, 1.82) is 0 Å². The van der Waals surface area contributed by atoms with Crippen LogP contribution in [-0.4, -0.2) is 13.2 Å². The maximum Gasteiger partial charge on any atom is 0.201 e. The Morgan fingerprint density at radius 2 is 1.59 bits per heavy atom. The molecule has 2 nitrogen and oxygen atoms in total. The van der Waals surface area contributed by atoms with Gasteiger partial charge in [0.05, 0.1) is 19.3 Å². The van der Waals surface area contributed by atoms with Crippen molar-refractivity contribution in [1.82, 2.24) is 0 Å². The largest absolute Gasteiger partial charge is 0.490 e. The summed E-state index contributed by atoms with van der Waals surface area (Å²) < 4.78 is 56.2. The summed E-state index contributed by atoms with van der Waals surface area (Å²) in [5, 5.41) is 0. The molecule has 208 valence electrons. The second-order valence-electron chi connectivity index (χ2n) is 10.4. The summed E-state index contributed by atoms with van der Waals surface area (Å²) in [6.07, 6.45) is 11.1. The third-order valence-corrected chi connectivity index (χ3v) is 7.57. The summed E-state index contributed by atoms with van der Waals surface area (Å²) in [6.45, 7) is 6.98. The summed E-state index contributed by atoms with van der Waals surface area (Å²) in [6, 6.07) is 15.1. The van der Waals surface area contributed by atoms with E-state index >= 15 is 4.39 Å². The Kier molecular flexibility index (Phi) is 10.7. The van der Waals surface area contributed by atoms with Crippen LogP contribution in [0, 0.1) is 23.4 Å². The molecule has 0 bridgehead atoms. The van der Waals surface area contributed by atoms with Crippen LogP contribution in [-0.2, 0) is 4.74 Å². The Bertz CT molecular complexity index is 1210. The summed E-state index contributed by atoms with van der Waals surface area (Å²) in [5.74, 6) is -1.79. The number of halogens is 3. The van der Waals surface area contributed by atoms with E-state index in [1.807, 2.05) is 12.1 Å². The molecule has 1 heterocycles. The molecule has 4 rings (SSSR count). The average molecular weight is 537 g/mol. The van der Waals surface area contributed by atoms with Gasteiger partial charge in [-0.2, -0.15) is 4.39 Å². The molecule has 0 aromatic heterocycles. The molecule has 3 aromatic rings. The zero-order valence-corrected chi connectivity index (χ0v) is 22.9. The van der Waals surface area contributed by atoms with Gasteiger partial charge in [-0.1, -0.05) is 75.1 Å². The van der Waals surface area contributed by atoms with Crippen LogP contribution in [0.4, 0.5) is 13.2 Å². The molecular formula is C34H39F3O2. The van der Waals surface area contributed by atoms with Crippen LogP contribution in [0.1, 0.15) is 76.4 Å². The number of hydrogen-bond donors (Lipinski definition) is 0. The Balaban J connectivity index is 1.39. The molecule has 0 radical (unpaired) electrons. The number of unbranched alkanes of at least 4 members (excludes halogenated alkanes) is 4. The molecule has 5 heteroatoms. The number of allylic oxidation sites excluding steroid dienone is 1. The predicted molar refractivity (Wildman–Crippen MR) is 152 cm³/mol. The van der Waals surface area contributed by atoms with E-state index in [-0.39, 0.29) is 23.2 Å². The van der Waals surface area contributed by atoms with Crippen LogP contribution < -0.4 is 4.74 Å². The Morgan fingerprint density at radius 1 is 0.872 bits per heavy atom. The van der Waals surface area contributed by atoms with Crippen LogP contribution in [0.15, 0.2) is 67.3 Å². The highest BCUT2D eigenvalue weighted by Crippen LogP contribution is 2.36. The first-order valence-electron chi connectivity index (χ1n) is 14.2. The summed E-state index contributed by atoms with van der Waals surface area (Å²) >= 11 is 0. The van der Waals surface area contributed by atoms with Crippen molar-refractivity contribution in [3.05, 3.63) is 90.3 Å². The van der Waals surface area contributed by atoms with Crippen LogP contribution in [0.3, 0.4) is 0 Å². The van der Waals surface area contributed by atoms with Gasteiger partial charge in [0.25, 0.3) is 0 Å². The smallest absolute Gasteiger partial charge is 0.201 e. The first-order chi connectivity index (χ1) is 19.0. The number of ether oxygens (including phenoxy) is 2. The van der Waals surface area contributed by atoms with E-state index < -0.39 is 11.6 Å². The molecule has 1 aliphatic rings. The first-order valence-corrected chi connectivity index (χ1v) is 14.2. The SMILES string of the molecule is C=CCCC1CCC(c2ccc(-c3ccc(-c4ccc(OCCCCCCC)c(F)c4F)cc3)c(F)c2)OC1. The van der Waals surface area contributed by atoms with Crippen LogP contribution in [0.5, 0.6) is 5.75 Å². The summed E-state index contributed by atoms with van der Waals surface area (Å²) in [7, 11) is 0. The van der Waals surface area contributed by atoms with Gasteiger partial charge >= 0.3 is 0 Å². The van der Waals surface area contributed by atoms with Gasteiger partial charge in [0.15, 0.2) is 11.6 Å². The Morgan fingerprint density at radius 3 is 2.26 bits per heavy atom. The van der Waals surface area contributed by atoms with E-state index in [9.17, 15) is 8.78 Å². The van der Waals surface area contributed by atoms with Crippen LogP contribution >= 0.6 is 0 Å². The molecule has 2 atom stereocenters. The van der Waals surface area contributed by atoms with Gasteiger partial charge in [0.1, 0.15) is 5.82 Å². The third-order valence-electron chi connectivity index (χ3n) is 7.57. The molecule has 0 saturated carbocycles. The fourth-order valence-corrected chi connectivity index (χ4v) is 5.20. The number of benzene rings is 3. The molecule has 39 heavy (non-hydrogen) atoms. The van der Waals surface area contributed by atoms with Gasteiger partial charge in [-0.25, -0.2) is 8.78 Å².